The lowest BCUT2D eigenvalue weighted by atomic mass is 9.90. The van der Waals surface area contributed by atoms with Crippen LogP contribution in [0.25, 0.3) is 0 Å². The van der Waals surface area contributed by atoms with Crippen LogP contribution in [-0.4, -0.2) is 27.1 Å². The number of hydrogen-bond acceptors (Lipinski definition) is 6. The Balaban J connectivity index is 2.90. The molecule has 0 unspecified atom stereocenters. The van der Waals surface area contributed by atoms with Crippen LogP contribution in [0.2, 0.25) is 0 Å². The van der Waals surface area contributed by atoms with Crippen LogP contribution in [0, 0.1) is 0 Å². The van der Waals surface area contributed by atoms with Gasteiger partial charge in [0.2, 0.25) is 11.9 Å². The topological polar surface area (TPSA) is 86.0 Å². The first-order valence-corrected chi connectivity index (χ1v) is 7.01. The lowest BCUT2D eigenvalue weighted by Gasteiger charge is -2.31. The maximum Gasteiger partial charge on any atom is 0.323 e. The number of nitrogens with two attached hydrogens (primary N) is 1. The van der Waals surface area contributed by atoms with Gasteiger partial charge in [-0.1, -0.05) is 27.7 Å². The zero-order chi connectivity index (χ0) is 14.3. The summed E-state index contributed by atoms with van der Waals surface area (Å²) < 4.78 is 5.41. The van der Waals surface area contributed by atoms with Gasteiger partial charge in [0.1, 0.15) is 0 Å². The van der Waals surface area contributed by atoms with E-state index in [1.54, 1.807) is 0 Å². The van der Waals surface area contributed by atoms with Crippen molar-refractivity contribution in [2.24, 2.45) is 0 Å². The molecule has 1 aromatic heterocycles. The summed E-state index contributed by atoms with van der Waals surface area (Å²) in [6.07, 6.45) is 3.89. The normalized spacial score (nSPS) is 11.4. The van der Waals surface area contributed by atoms with E-state index in [1.165, 1.54) is 0 Å². The highest BCUT2D eigenvalue weighted by Gasteiger charge is 2.25. The predicted molar refractivity (Wildman–Crippen MR) is 77.3 cm³/mol. The van der Waals surface area contributed by atoms with Crippen molar-refractivity contribution in [3.63, 3.8) is 0 Å². The van der Waals surface area contributed by atoms with E-state index < -0.39 is 0 Å². The zero-order valence-electron chi connectivity index (χ0n) is 12.4. The average Bonchev–Trinajstić information content (AvgIpc) is 2.42. The van der Waals surface area contributed by atoms with Crippen molar-refractivity contribution < 1.29 is 4.74 Å². The third kappa shape index (κ3) is 4.22. The van der Waals surface area contributed by atoms with Crippen molar-refractivity contribution in [1.82, 2.24) is 15.0 Å². The van der Waals surface area contributed by atoms with Crippen LogP contribution in [0.15, 0.2) is 0 Å². The molecule has 0 aliphatic carbocycles. The zero-order valence-corrected chi connectivity index (χ0v) is 12.4. The van der Waals surface area contributed by atoms with Gasteiger partial charge in [-0.3, -0.25) is 0 Å². The molecule has 0 aliphatic rings. The molecule has 1 rings (SSSR count). The van der Waals surface area contributed by atoms with E-state index in [-0.39, 0.29) is 17.5 Å². The van der Waals surface area contributed by atoms with E-state index in [2.05, 4.69) is 41.0 Å². The largest absolute Gasteiger partial charge is 0.463 e. The van der Waals surface area contributed by atoms with Gasteiger partial charge < -0.3 is 15.8 Å². The van der Waals surface area contributed by atoms with E-state index in [9.17, 15) is 0 Å². The predicted octanol–water partition coefficient (Wildman–Crippen LogP) is 2.62. The van der Waals surface area contributed by atoms with Crippen LogP contribution in [0.5, 0.6) is 6.01 Å². The van der Waals surface area contributed by atoms with Gasteiger partial charge >= 0.3 is 6.01 Å². The first-order valence-electron chi connectivity index (χ1n) is 7.01. The number of anilines is 2. The molecule has 6 nitrogen and oxygen atoms in total. The summed E-state index contributed by atoms with van der Waals surface area (Å²) in [7, 11) is 0. The van der Waals surface area contributed by atoms with Crippen LogP contribution in [-0.2, 0) is 0 Å². The summed E-state index contributed by atoms with van der Waals surface area (Å²) >= 11 is 0. The van der Waals surface area contributed by atoms with Gasteiger partial charge in [0, 0.05) is 5.54 Å². The smallest absolute Gasteiger partial charge is 0.323 e. The van der Waals surface area contributed by atoms with Gasteiger partial charge in [-0.2, -0.15) is 15.0 Å². The number of rotatable bonds is 8. The molecular weight excluding hydrogens is 242 g/mol. The fourth-order valence-electron chi connectivity index (χ4n) is 1.94. The Labute approximate surface area is 115 Å². The quantitative estimate of drug-likeness (QED) is 0.753. The lowest BCUT2D eigenvalue weighted by Crippen LogP contribution is -2.37. The number of nitrogens with zero attached hydrogens (tertiary/aromatic N) is 3. The van der Waals surface area contributed by atoms with Crippen molar-refractivity contribution in [1.29, 1.82) is 0 Å². The van der Waals surface area contributed by atoms with Crippen LogP contribution >= 0.6 is 0 Å². The Hall–Kier alpha value is -1.59. The minimum atomic E-state index is -0.00415. The highest BCUT2D eigenvalue weighted by Crippen LogP contribution is 2.24. The molecule has 0 aromatic carbocycles. The molecule has 0 atom stereocenters. The number of nitrogens with one attached hydrogen (secondary N) is 1. The molecule has 0 bridgehead atoms. The van der Waals surface area contributed by atoms with Gasteiger partial charge in [-0.15, -0.1) is 0 Å². The van der Waals surface area contributed by atoms with Gasteiger partial charge in [0.05, 0.1) is 6.61 Å². The fourth-order valence-corrected chi connectivity index (χ4v) is 1.94. The van der Waals surface area contributed by atoms with E-state index in [0.29, 0.717) is 12.6 Å². The second kappa shape index (κ2) is 7.11. The van der Waals surface area contributed by atoms with Crippen LogP contribution in [0.4, 0.5) is 11.9 Å². The van der Waals surface area contributed by atoms with E-state index in [1.807, 2.05) is 6.92 Å². The first-order chi connectivity index (χ1) is 9.09. The van der Waals surface area contributed by atoms with E-state index >= 15 is 0 Å². The van der Waals surface area contributed by atoms with Crippen molar-refractivity contribution in [3.8, 4) is 6.01 Å². The molecule has 1 heterocycles. The van der Waals surface area contributed by atoms with Crippen molar-refractivity contribution in [3.05, 3.63) is 0 Å². The lowest BCUT2D eigenvalue weighted by molar-refractivity contribution is 0.291. The van der Waals surface area contributed by atoms with E-state index in [4.69, 9.17) is 10.5 Å². The Kier molecular flexibility index (Phi) is 5.79. The third-order valence-corrected chi connectivity index (χ3v) is 3.47. The van der Waals surface area contributed by atoms with Gasteiger partial charge in [-0.25, -0.2) is 0 Å². The Morgan fingerprint density at radius 1 is 1.05 bits per heavy atom. The Morgan fingerprint density at radius 2 is 1.68 bits per heavy atom. The van der Waals surface area contributed by atoms with Gasteiger partial charge in [0.25, 0.3) is 0 Å². The SMILES string of the molecule is CCCOc1nc(N)nc(NC(CC)(CC)CC)n1. The van der Waals surface area contributed by atoms with Crippen LogP contribution < -0.4 is 15.8 Å². The summed E-state index contributed by atoms with van der Waals surface area (Å²) in [6, 6.07) is 0.286. The standard InChI is InChI=1S/C13H25N5O/c1-5-9-19-12-16-10(14)15-11(17-12)18-13(6-2,7-3)8-4/h5-9H2,1-4H3,(H3,14,15,16,17,18). The first kappa shape index (κ1) is 15.5. The number of nitrogen functional groups attached to an aromatic ring is 1. The monoisotopic (exact) mass is 267 g/mol. The highest BCUT2D eigenvalue weighted by molar-refractivity contribution is 5.35. The number of hydrogen-bond donors (Lipinski definition) is 2. The molecule has 108 valence electrons. The second-order valence-electron chi connectivity index (χ2n) is 4.61. The summed E-state index contributed by atoms with van der Waals surface area (Å²) in [6.45, 7) is 9.06. The fraction of sp³-hybridized carbons (Fsp3) is 0.769. The summed E-state index contributed by atoms with van der Waals surface area (Å²) in [5, 5.41) is 3.38. The third-order valence-electron chi connectivity index (χ3n) is 3.47. The van der Waals surface area contributed by atoms with E-state index in [0.717, 1.165) is 25.7 Å². The maximum atomic E-state index is 5.69. The van der Waals surface area contributed by atoms with Gasteiger partial charge in [0.15, 0.2) is 0 Å². The van der Waals surface area contributed by atoms with Crippen molar-refractivity contribution in [2.75, 3.05) is 17.7 Å². The molecule has 0 amide bonds. The molecule has 3 N–H and O–H groups in total. The molecule has 0 aliphatic heterocycles. The molecule has 1 aromatic rings. The molecule has 0 saturated carbocycles. The minimum absolute atomic E-state index is 0.00415. The Morgan fingerprint density at radius 3 is 2.21 bits per heavy atom. The van der Waals surface area contributed by atoms with Crippen LogP contribution in [0.3, 0.4) is 0 Å². The van der Waals surface area contributed by atoms with Crippen molar-refractivity contribution >= 4 is 11.9 Å². The van der Waals surface area contributed by atoms with Crippen LogP contribution in [0.1, 0.15) is 53.4 Å². The van der Waals surface area contributed by atoms with Crippen molar-refractivity contribution in [2.45, 2.75) is 58.9 Å². The average molecular weight is 267 g/mol. The highest BCUT2D eigenvalue weighted by atomic mass is 16.5. The minimum Gasteiger partial charge on any atom is -0.463 e. The molecule has 6 heteroatoms. The second-order valence-corrected chi connectivity index (χ2v) is 4.61. The molecule has 0 radical (unpaired) electrons. The summed E-state index contributed by atoms with van der Waals surface area (Å²) in [5.74, 6) is 0.671. The molecular formula is C13H25N5O. The number of aromatic nitrogens is 3. The summed E-state index contributed by atoms with van der Waals surface area (Å²) in [5.41, 5.74) is 5.69. The maximum absolute atomic E-state index is 5.69. The van der Waals surface area contributed by atoms with Gasteiger partial charge in [-0.05, 0) is 25.7 Å². The number of ether oxygens (including phenoxy) is 1. The molecule has 0 saturated heterocycles. The molecule has 0 fully saturated rings. The Bertz CT molecular complexity index is 384. The summed E-state index contributed by atoms with van der Waals surface area (Å²) in [4.78, 5) is 12.4. The molecule has 0 spiro atoms. The molecule has 19 heavy (non-hydrogen) atoms.